The summed E-state index contributed by atoms with van der Waals surface area (Å²) in [5.41, 5.74) is 0.680. The number of benzene rings is 1. The SMILES string of the molecule is O=C(O)c1ccccc1CC(=O)N(CCO)C1CC1. The van der Waals surface area contributed by atoms with Crippen molar-refractivity contribution in [3.63, 3.8) is 0 Å². The first-order valence-electron chi connectivity index (χ1n) is 6.35. The summed E-state index contributed by atoms with van der Waals surface area (Å²) in [6.45, 7) is 0.252. The first-order chi connectivity index (χ1) is 9.13. The van der Waals surface area contributed by atoms with Crippen LogP contribution < -0.4 is 0 Å². The topological polar surface area (TPSA) is 77.8 Å². The van der Waals surface area contributed by atoms with Gasteiger partial charge in [-0.15, -0.1) is 0 Å². The number of rotatable bonds is 6. The molecular weight excluding hydrogens is 246 g/mol. The molecule has 0 aliphatic heterocycles. The lowest BCUT2D eigenvalue weighted by atomic mass is 10.0. The first-order valence-corrected chi connectivity index (χ1v) is 6.35. The average Bonchev–Trinajstić information content (AvgIpc) is 3.20. The summed E-state index contributed by atoms with van der Waals surface area (Å²) in [6, 6.07) is 6.74. The Bertz CT molecular complexity index is 482. The molecule has 19 heavy (non-hydrogen) atoms. The lowest BCUT2D eigenvalue weighted by molar-refractivity contribution is -0.131. The van der Waals surface area contributed by atoms with E-state index in [-0.39, 0.29) is 30.5 Å². The van der Waals surface area contributed by atoms with Crippen LogP contribution in [0, 0.1) is 0 Å². The van der Waals surface area contributed by atoms with Gasteiger partial charge in [-0.3, -0.25) is 4.79 Å². The second-order valence-corrected chi connectivity index (χ2v) is 4.68. The zero-order valence-corrected chi connectivity index (χ0v) is 10.6. The zero-order chi connectivity index (χ0) is 13.8. The summed E-state index contributed by atoms with van der Waals surface area (Å²) < 4.78 is 0. The number of carbonyl (C=O) groups excluding carboxylic acids is 1. The Labute approximate surface area is 111 Å². The Morgan fingerprint density at radius 1 is 1.26 bits per heavy atom. The summed E-state index contributed by atoms with van der Waals surface area (Å²) in [6.07, 6.45) is 2.00. The van der Waals surface area contributed by atoms with Gasteiger partial charge in [-0.2, -0.15) is 0 Å². The maximum Gasteiger partial charge on any atom is 0.335 e. The van der Waals surface area contributed by atoms with E-state index in [2.05, 4.69) is 0 Å². The molecule has 1 aromatic rings. The van der Waals surface area contributed by atoms with Gasteiger partial charge < -0.3 is 15.1 Å². The van der Waals surface area contributed by atoms with Crippen LogP contribution >= 0.6 is 0 Å². The molecule has 1 fully saturated rings. The van der Waals surface area contributed by atoms with Crippen molar-refractivity contribution >= 4 is 11.9 Å². The van der Waals surface area contributed by atoms with E-state index in [0.717, 1.165) is 12.8 Å². The Morgan fingerprint density at radius 2 is 1.95 bits per heavy atom. The number of nitrogens with zero attached hydrogens (tertiary/aromatic N) is 1. The number of carbonyl (C=O) groups is 2. The van der Waals surface area contributed by atoms with Crippen LogP contribution in [-0.2, 0) is 11.2 Å². The molecule has 2 N–H and O–H groups in total. The molecule has 1 aliphatic carbocycles. The summed E-state index contributed by atoms with van der Waals surface area (Å²) >= 11 is 0. The summed E-state index contributed by atoms with van der Waals surface area (Å²) in [4.78, 5) is 24.9. The quantitative estimate of drug-likeness (QED) is 0.799. The number of amides is 1. The Kier molecular flexibility index (Phi) is 4.16. The molecule has 0 aromatic heterocycles. The van der Waals surface area contributed by atoms with Crippen LogP contribution in [0.1, 0.15) is 28.8 Å². The number of aliphatic hydroxyl groups excluding tert-OH is 1. The molecule has 0 heterocycles. The van der Waals surface area contributed by atoms with E-state index in [4.69, 9.17) is 10.2 Å². The molecule has 5 heteroatoms. The maximum absolute atomic E-state index is 12.2. The van der Waals surface area contributed by atoms with Crippen LogP contribution in [0.2, 0.25) is 0 Å². The van der Waals surface area contributed by atoms with Gasteiger partial charge in [-0.25, -0.2) is 4.79 Å². The number of carboxylic acids is 1. The van der Waals surface area contributed by atoms with E-state index in [1.165, 1.54) is 6.07 Å². The molecule has 5 nitrogen and oxygen atoms in total. The Hall–Kier alpha value is -1.88. The van der Waals surface area contributed by atoms with Crippen molar-refractivity contribution in [2.24, 2.45) is 0 Å². The van der Waals surface area contributed by atoms with E-state index >= 15 is 0 Å². The van der Waals surface area contributed by atoms with E-state index in [1.807, 2.05) is 0 Å². The van der Waals surface area contributed by atoms with Gasteiger partial charge in [-0.1, -0.05) is 18.2 Å². The second kappa shape index (κ2) is 5.84. The molecule has 102 valence electrons. The molecule has 1 amide bonds. The molecule has 0 atom stereocenters. The fourth-order valence-electron chi connectivity index (χ4n) is 2.15. The van der Waals surface area contributed by atoms with Crippen molar-refractivity contribution in [3.05, 3.63) is 35.4 Å². The van der Waals surface area contributed by atoms with Crippen LogP contribution in [0.5, 0.6) is 0 Å². The molecule has 0 spiro atoms. The average molecular weight is 263 g/mol. The minimum Gasteiger partial charge on any atom is -0.478 e. The minimum atomic E-state index is -1.02. The van der Waals surface area contributed by atoms with Crippen molar-refractivity contribution in [2.75, 3.05) is 13.2 Å². The number of aromatic carboxylic acids is 1. The number of hydrogen-bond acceptors (Lipinski definition) is 3. The fourth-order valence-corrected chi connectivity index (χ4v) is 2.15. The van der Waals surface area contributed by atoms with Crippen molar-refractivity contribution in [2.45, 2.75) is 25.3 Å². The standard InChI is InChI=1S/C14H17NO4/c16-8-7-15(11-5-6-11)13(17)9-10-3-1-2-4-12(10)14(18)19/h1-4,11,16H,5-9H2,(H,18,19). The molecule has 0 radical (unpaired) electrons. The highest BCUT2D eigenvalue weighted by Gasteiger charge is 2.32. The van der Waals surface area contributed by atoms with Crippen molar-refractivity contribution in [1.29, 1.82) is 0 Å². The highest BCUT2D eigenvalue weighted by Crippen LogP contribution is 2.27. The van der Waals surface area contributed by atoms with Gasteiger partial charge in [0.1, 0.15) is 0 Å². The molecule has 0 saturated heterocycles. The van der Waals surface area contributed by atoms with Crippen LogP contribution in [0.15, 0.2) is 24.3 Å². The van der Waals surface area contributed by atoms with E-state index < -0.39 is 5.97 Å². The van der Waals surface area contributed by atoms with Gasteiger partial charge in [0.25, 0.3) is 0 Å². The molecular formula is C14H17NO4. The predicted molar refractivity (Wildman–Crippen MR) is 68.9 cm³/mol. The monoisotopic (exact) mass is 263 g/mol. The summed E-state index contributed by atoms with van der Waals surface area (Å²) in [5.74, 6) is -1.14. The van der Waals surface area contributed by atoms with Gasteiger partial charge in [0.2, 0.25) is 5.91 Å². The molecule has 0 unspecified atom stereocenters. The second-order valence-electron chi connectivity index (χ2n) is 4.68. The van der Waals surface area contributed by atoms with Crippen LogP contribution in [0.25, 0.3) is 0 Å². The number of carboxylic acid groups (broad SMARTS) is 1. The normalized spacial score (nSPS) is 14.2. The van der Waals surface area contributed by atoms with Crippen molar-refractivity contribution in [3.8, 4) is 0 Å². The highest BCUT2D eigenvalue weighted by atomic mass is 16.4. The van der Waals surface area contributed by atoms with Crippen LogP contribution in [0.4, 0.5) is 0 Å². The lowest BCUT2D eigenvalue weighted by Gasteiger charge is -2.21. The minimum absolute atomic E-state index is 0.0666. The van der Waals surface area contributed by atoms with E-state index in [1.54, 1.807) is 23.1 Å². The Morgan fingerprint density at radius 3 is 2.53 bits per heavy atom. The largest absolute Gasteiger partial charge is 0.478 e. The van der Waals surface area contributed by atoms with Crippen molar-refractivity contribution < 1.29 is 19.8 Å². The third-order valence-corrected chi connectivity index (χ3v) is 3.24. The maximum atomic E-state index is 12.2. The summed E-state index contributed by atoms with van der Waals surface area (Å²) in [5, 5.41) is 18.1. The number of hydrogen-bond donors (Lipinski definition) is 2. The predicted octanol–water partition coefficient (Wildman–Crippen LogP) is 0.911. The van der Waals surface area contributed by atoms with Gasteiger partial charge in [0, 0.05) is 12.6 Å². The molecule has 0 bridgehead atoms. The third-order valence-electron chi connectivity index (χ3n) is 3.24. The van der Waals surface area contributed by atoms with Gasteiger partial charge in [0.15, 0.2) is 0 Å². The van der Waals surface area contributed by atoms with E-state index in [0.29, 0.717) is 12.1 Å². The highest BCUT2D eigenvalue weighted by molar-refractivity contribution is 5.91. The first kappa shape index (κ1) is 13.5. The third kappa shape index (κ3) is 3.32. The van der Waals surface area contributed by atoms with Crippen LogP contribution in [0.3, 0.4) is 0 Å². The van der Waals surface area contributed by atoms with E-state index in [9.17, 15) is 9.59 Å². The zero-order valence-electron chi connectivity index (χ0n) is 10.6. The lowest BCUT2D eigenvalue weighted by Crippen LogP contribution is -2.36. The molecule has 1 aromatic carbocycles. The molecule has 2 rings (SSSR count). The molecule has 1 saturated carbocycles. The fraction of sp³-hybridized carbons (Fsp3) is 0.429. The van der Waals surface area contributed by atoms with Gasteiger partial charge in [-0.05, 0) is 24.5 Å². The van der Waals surface area contributed by atoms with Crippen molar-refractivity contribution in [1.82, 2.24) is 4.90 Å². The van der Waals surface area contributed by atoms with Gasteiger partial charge >= 0.3 is 5.97 Å². The van der Waals surface area contributed by atoms with Gasteiger partial charge in [0.05, 0.1) is 18.6 Å². The van der Waals surface area contributed by atoms with Crippen LogP contribution in [-0.4, -0.2) is 46.2 Å². The molecule has 1 aliphatic rings. The number of aliphatic hydroxyl groups is 1. The summed E-state index contributed by atoms with van der Waals surface area (Å²) in [7, 11) is 0. The Balaban J connectivity index is 2.11. The smallest absolute Gasteiger partial charge is 0.335 e.